The summed E-state index contributed by atoms with van der Waals surface area (Å²) in [5.74, 6) is 0.771. The second-order valence-corrected chi connectivity index (χ2v) is 8.23. The molecule has 0 radical (unpaired) electrons. The quantitative estimate of drug-likeness (QED) is 0.769. The van der Waals surface area contributed by atoms with Crippen molar-refractivity contribution in [1.82, 2.24) is 4.57 Å². The van der Waals surface area contributed by atoms with Crippen molar-refractivity contribution in [2.24, 2.45) is 5.41 Å². The molecule has 0 atom stereocenters. The zero-order valence-corrected chi connectivity index (χ0v) is 16.3. The van der Waals surface area contributed by atoms with E-state index in [2.05, 4.69) is 6.92 Å². The standard InChI is InChI=1S/C18H26N2O4S/c1-6-7-9-24-13-12-8-10-25-14(12)16(21)20(11-18(2,3)4)15(13)19(5)17(22)23/h8,10H,6-7,9,11H2,1-5H3,(H,22,23). The fourth-order valence-electron chi connectivity index (χ4n) is 2.62. The first-order chi connectivity index (χ1) is 11.7. The zero-order valence-electron chi connectivity index (χ0n) is 15.5. The molecule has 0 aliphatic carbocycles. The maximum absolute atomic E-state index is 13.0. The normalized spacial score (nSPS) is 11.7. The smallest absolute Gasteiger partial charge is 0.412 e. The Kier molecular flexibility index (Phi) is 5.77. The molecule has 2 aromatic heterocycles. The minimum absolute atomic E-state index is 0.175. The summed E-state index contributed by atoms with van der Waals surface area (Å²) in [6.07, 6.45) is 0.704. The van der Waals surface area contributed by atoms with Crippen molar-refractivity contribution >= 4 is 33.3 Å². The Bertz CT molecular complexity index is 817. The van der Waals surface area contributed by atoms with Crippen molar-refractivity contribution < 1.29 is 14.6 Å². The predicted molar refractivity (Wildman–Crippen MR) is 102 cm³/mol. The Morgan fingerprint density at radius 2 is 2.08 bits per heavy atom. The number of pyridine rings is 1. The molecule has 1 amide bonds. The lowest BCUT2D eigenvalue weighted by Gasteiger charge is -2.27. The Hall–Kier alpha value is -2.02. The van der Waals surface area contributed by atoms with E-state index in [0.717, 1.165) is 17.7 Å². The maximum atomic E-state index is 13.0. The van der Waals surface area contributed by atoms with Crippen LogP contribution in [0.5, 0.6) is 5.75 Å². The molecular formula is C18H26N2O4S. The third kappa shape index (κ3) is 4.15. The largest absolute Gasteiger partial charge is 0.489 e. The number of unbranched alkanes of at least 4 members (excludes halogenated alkanes) is 1. The van der Waals surface area contributed by atoms with E-state index in [1.807, 2.05) is 32.2 Å². The Morgan fingerprint density at radius 3 is 2.64 bits per heavy atom. The summed E-state index contributed by atoms with van der Waals surface area (Å²) >= 11 is 1.36. The summed E-state index contributed by atoms with van der Waals surface area (Å²) < 4.78 is 8.10. The van der Waals surface area contributed by atoms with Gasteiger partial charge in [-0.2, -0.15) is 0 Å². The molecule has 7 heteroatoms. The van der Waals surface area contributed by atoms with E-state index < -0.39 is 6.09 Å². The molecule has 1 N–H and O–H groups in total. The van der Waals surface area contributed by atoms with Gasteiger partial charge in [-0.25, -0.2) is 4.79 Å². The van der Waals surface area contributed by atoms with Crippen LogP contribution >= 0.6 is 11.3 Å². The van der Waals surface area contributed by atoms with Crippen molar-refractivity contribution in [3.63, 3.8) is 0 Å². The Labute approximate surface area is 151 Å². The average molecular weight is 366 g/mol. The van der Waals surface area contributed by atoms with Gasteiger partial charge in [0.15, 0.2) is 11.6 Å². The molecule has 138 valence electrons. The van der Waals surface area contributed by atoms with Crippen LogP contribution in [0, 0.1) is 5.41 Å². The Balaban J connectivity index is 2.77. The molecule has 0 aliphatic heterocycles. The number of amides is 1. The van der Waals surface area contributed by atoms with Crippen LogP contribution in [0.25, 0.3) is 10.1 Å². The van der Waals surface area contributed by atoms with Gasteiger partial charge < -0.3 is 9.84 Å². The minimum Gasteiger partial charge on any atom is -0.489 e. The molecule has 0 saturated carbocycles. The van der Waals surface area contributed by atoms with Gasteiger partial charge in [-0.15, -0.1) is 11.3 Å². The minimum atomic E-state index is -1.13. The monoisotopic (exact) mass is 366 g/mol. The van der Waals surface area contributed by atoms with Gasteiger partial charge in [0.05, 0.1) is 6.61 Å². The number of thiophene rings is 1. The summed E-state index contributed by atoms with van der Waals surface area (Å²) in [6.45, 7) is 8.99. The van der Waals surface area contributed by atoms with E-state index in [1.54, 1.807) is 0 Å². The van der Waals surface area contributed by atoms with Crippen molar-refractivity contribution in [2.45, 2.75) is 47.1 Å². The molecule has 0 unspecified atom stereocenters. The van der Waals surface area contributed by atoms with Crippen molar-refractivity contribution in [3.8, 4) is 5.75 Å². The molecule has 0 saturated heterocycles. The predicted octanol–water partition coefficient (Wildman–Crippen LogP) is 4.40. The van der Waals surface area contributed by atoms with Gasteiger partial charge in [0.2, 0.25) is 0 Å². The summed E-state index contributed by atoms with van der Waals surface area (Å²) in [5.41, 5.74) is -0.366. The molecule has 0 aliphatic rings. The van der Waals surface area contributed by atoms with Crippen molar-refractivity contribution in [1.29, 1.82) is 0 Å². The molecule has 0 fully saturated rings. The number of fused-ring (bicyclic) bond motifs is 1. The lowest BCUT2D eigenvalue weighted by Crippen LogP contribution is -2.35. The van der Waals surface area contributed by atoms with E-state index >= 15 is 0 Å². The highest BCUT2D eigenvalue weighted by Crippen LogP contribution is 2.37. The topological polar surface area (TPSA) is 71.8 Å². The van der Waals surface area contributed by atoms with Gasteiger partial charge in [0, 0.05) is 19.0 Å². The van der Waals surface area contributed by atoms with Crippen LogP contribution in [0.1, 0.15) is 40.5 Å². The fourth-order valence-corrected chi connectivity index (χ4v) is 3.46. The summed E-state index contributed by atoms with van der Waals surface area (Å²) in [7, 11) is 1.45. The van der Waals surface area contributed by atoms with Crippen LogP contribution < -0.4 is 15.2 Å². The molecule has 2 aromatic rings. The van der Waals surface area contributed by atoms with Crippen LogP contribution in [0.15, 0.2) is 16.2 Å². The first-order valence-corrected chi connectivity index (χ1v) is 9.28. The molecule has 6 nitrogen and oxygen atoms in total. The molecule has 0 bridgehead atoms. The fraction of sp³-hybridized carbons (Fsp3) is 0.556. The van der Waals surface area contributed by atoms with E-state index in [4.69, 9.17) is 4.74 Å². The van der Waals surface area contributed by atoms with Crippen LogP contribution in [0.3, 0.4) is 0 Å². The third-order valence-corrected chi connectivity index (χ3v) is 4.69. The average Bonchev–Trinajstić information content (AvgIpc) is 2.99. The summed E-state index contributed by atoms with van der Waals surface area (Å²) in [5, 5.41) is 12.0. The number of anilines is 1. The van der Waals surface area contributed by atoms with E-state index in [9.17, 15) is 14.7 Å². The second kappa shape index (κ2) is 7.47. The van der Waals surface area contributed by atoms with Gasteiger partial charge in [-0.1, -0.05) is 34.1 Å². The number of hydrogen-bond acceptors (Lipinski definition) is 4. The van der Waals surface area contributed by atoms with Gasteiger partial charge >= 0.3 is 6.09 Å². The maximum Gasteiger partial charge on any atom is 0.412 e. The van der Waals surface area contributed by atoms with Crippen LogP contribution in [-0.2, 0) is 6.54 Å². The molecule has 2 heterocycles. The third-order valence-electron chi connectivity index (χ3n) is 3.79. The second-order valence-electron chi connectivity index (χ2n) is 7.31. The van der Waals surface area contributed by atoms with Gasteiger partial charge in [-0.05, 0) is 23.3 Å². The van der Waals surface area contributed by atoms with Crippen molar-refractivity contribution in [2.75, 3.05) is 18.6 Å². The molecular weight excluding hydrogens is 340 g/mol. The van der Waals surface area contributed by atoms with E-state index in [1.165, 1.54) is 23.0 Å². The van der Waals surface area contributed by atoms with Gasteiger partial charge in [-0.3, -0.25) is 14.3 Å². The first kappa shape index (κ1) is 19.3. The van der Waals surface area contributed by atoms with E-state index in [-0.39, 0.29) is 11.0 Å². The van der Waals surface area contributed by atoms with Gasteiger partial charge in [0.1, 0.15) is 4.70 Å². The number of ether oxygens (including phenoxy) is 1. The van der Waals surface area contributed by atoms with Crippen LogP contribution in [-0.4, -0.2) is 29.4 Å². The van der Waals surface area contributed by atoms with Crippen LogP contribution in [0.4, 0.5) is 10.6 Å². The highest BCUT2D eigenvalue weighted by molar-refractivity contribution is 7.17. The number of aromatic nitrogens is 1. The zero-order chi connectivity index (χ0) is 18.8. The highest BCUT2D eigenvalue weighted by Gasteiger charge is 2.27. The number of hydrogen-bond donors (Lipinski definition) is 1. The molecule has 0 spiro atoms. The van der Waals surface area contributed by atoms with Gasteiger partial charge in [0.25, 0.3) is 5.56 Å². The number of rotatable bonds is 6. The lowest BCUT2D eigenvalue weighted by atomic mass is 9.96. The van der Waals surface area contributed by atoms with Crippen molar-refractivity contribution in [3.05, 3.63) is 21.8 Å². The summed E-state index contributed by atoms with van der Waals surface area (Å²) in [6, 6.07) is 1.82. The molecule has 0 aromatic carbocycles. The number of carboxylic acid groups (broad SMARTS) is 1. The molecule has 25 heavy (non-hydrogen) atoms. The SMILES string of the molecule is CCCCOc1c(N(C)C(=O)O)n(CC(C)(C)C)c(=O)c2sccc12. The highest BCUT2D eigenvalue weighted by atomic mass is 32.1. The Morgan fingerprint density at radius 1 is 1.40 bits per heavy atom. The summed E-state index contributed by atoms with van der Waals surface area (Å²) in [4.78, 5) is 25.7. The number of carbonyl (C=O) groups is 1. The first-order valence-electron chi connectivity index (χ1n) is 8.41. The molecule has 2 rings (SSSR count). The van der Waals surface area contributed by atoms with E-state index in [0.29, 0.717) is 34.8 Å². The number of nitrogens with zero attached hydrogens (tertiary/aromatic N) is 2. The van der Waals surface area contributed by atoms with Crippen LogP contribution in [0.2, 0.25) is 0 Å². The lowest BCUT2D eigenvalue weighted by molar-refractivity contribution is 0.202.